The lowest BCUT2D eigenvalue weighted by atomic mass is 9.82. The molecule has 0 saturated heterocycles. The van der Waals surface area contributed by atoms with Gasteiger partial charge in [0.15, 0.2) is 5.43 Å². The molecule has 0 aliphatic rings. The van der Waals surface area contributed by atoms with Crippen LogP contribution in [-0.4, -0.2) is 0 Å². The Hall–Kier alpha value is -3.19. The van der Waals surface area contributed by atoms with Crippen LogP contribution in [0.5, 0.6) is 0 Å². The van der Waals surface area contributed by atoms with Gasteiger partial charge in [0, 0.05) is 10.8 Å². The van der Waals surface area contributed by atoms with E-state index in [1.165, 1.54) is 43.1 Å². The van der Waals surface area contributed by atoms with Crippen molar-refractivity contribution in [2.24, 2.45) is 0 Å². The lowest BCUT2D eigenvalue weighted by Crippen LogP contribution is -2.05. The first-order valence-electron chi connectivity index (χ1n) is 8.26. The molecule has 0 aliphatic heterocycles. The van der Waals surface area contributed by atoms with Crippen molar-refractivity contribution in [1.82, 2.24) is 0 Å². The van der Waals surface area contributed by atoms with E-state index in [1.807, 2.05) is 0 Å². The van der Waals surface area contributed by atoms with Crippen LogP contribution in [0.25, 0.3) is 64.6 Å². The van der Waals surface area contributed by atoms with Crippen LogP contribution in [0, 0.1) is 0 Å². The van der Waals surface area contributed by atoms with Gasteiger partial charge in [0.1, 0.15) is 0 Å². The quantitative estimate of drug-likeness (QED) is 0.328. The molecule has 9 aromatic carbocycles. The second-order valence-electron chi connectivity index (χ2n) is 6.90. The Bertz CT molecular complexity index is 1600. The predicted octanol–water partition coefficient (Wildman–Crippen LogP) is 5.72. The summed E-state index contributed by atoms with van der Waals surface area (Å²) in [5, 5.41) is 13.9. The molecule has 0 fully saturated rings. The standard InChI is InChI=1S/C23H10O/c24-23-17-10-12-6-7-15(17)21-14-4-2-1-3-13(14)19-11-5-8-16(18(23)9-11)22(19)20(12)21/h1-10H. The molecule has 1 nitrogen and oxygen atoms in total. The van der Waals surface area contributed by atoms with E-state index in [0.717, 1.165) is 21.5 Å². The van der Waals surface area contributed by atoms with E-state index in [1.54, 1.807) is 0 Å². The lowest BCUT2D eigenvalue weighted by molar-refractivity contribution is 1.75. The first-order valence-corrected chi connectivity index (χ1v) is 8.26. The minimum absolute atomic E-state index is 0.163. The van der Waals surface area contributed by atoms with Crippen molar-refractivity contribution in [1.29, 1.82) is 0 Å². The number of rotatable bonds is 0. The largest absolute Gasteiger partial charge is 0.289 e. The normalized spacial score (nSPS) is 13.2. The Morgan fingerprint density at radius 2 is 1.00 bits per heavy atom. The third-order valence-electron chi connectivity index (χ3n) is 5.86. The van der Waals surface area contributed by atoms with Gasteiger partial charge in [0.2, 0.25) is 0 Å². The number of hydrogen-bond acceptors (Lipinski definition) is 1. The molecule has 0 aromatic heterocycles. The maximum absolute atomic E-state index is 13.2. The van der Waals surface area contributed by atoms with Gasteiger partial charge in [-0.15, -0.1) is 0 Å². The maximum Gasteiger partial charge on any atom is 0.194 e. The van der Waals surface area contributed by atoms with Crippen molar-refractivity contribution < 1.29 is 0 Å². The molecule has 0 aliphatic carbocycles. The highest BCUT2D eigenvalue weighted by molar-refractivity contribution is 6.43. The number of benzene rings is 8. The van der Waals surface area contributed by atoms with Crippen LogP contribution in [0.15, 0.2) is 65.5 Å². The average Bonchev–Trinajstić information content (AvgIpc) is 2.67. The minimum Gasteiger partial charge on any atom is -0.289 e. The average molecular weight is 302 g/mol. The summed E-state index contributed by atoms with van der Waals surface area (Å²) in [6.45, 7) is 0. The van der Waals surface area contributed by atoms with E-state index < -0.39 is 0 Å². The highest BCUT2D eigenvalue weighted by atomic mass is 16.1. The molecule has 9 aromatic rings. The topological polar surface area (TPSA) is 17.1 Å². The van der Waals surface area contributed by atoms with E-state index >= 15 is 0 Å². The van der Waals surface area contributed by atoms with Crippen LogP contribution in [-0.2, 0) is 0 Å². The molecular weight excluding hydrogens is 292 g/mol. The van der Waals surface area contributed by atoms with Crippen LogP contribution in [0.2, 0.25) is 0 Å². The molecule has 0 atom stereocenters. The van der Waals surface area contributed by atoms with Gasteiger partial charge in [-0.05, 0) is 66.0 Å². The predicted molar refractivity (Wildman–Crippen MR) is 102 cm³/mol. The van der Waals surface area contributed by atoms with Crippen molar-refractivity contribution in [3.05, 3.63) is 70.9 Å². The molecule has 0 saturated carbocycles. The first-order chi connectivity index (χ1) is 11.8. The summed E-state index contributed by atoms with van der Waals surface area (Å²) in [7, 11) is 0. The molecular formula is C23H10O. The molecule has 0 amide bonds. The summed E-state index contributed by atoms with van der Waals surface area (Å²) in [4.78, 5) is 13.2. The fraction of sp³-hybridized carbons (Fsp3) is 0. The van der Waals surface area contributed by atoms with Gasteiger partial charge in [-0.2, -0.15) is 0 Å². The highest BCUT2D eigenvalue weighted by Gasteiger charge is 2.21. The molecule has 0 spiro atoms. The minimum atomic E-state index is 0.163. The molecule has 1 heteroatoms. The summed E-state index contributed by atoms with van der Waals surface area (Å²) in [6.07, 6.45) is 0. The molecule has 0 radical (unpaired) electrons. The van der Waals surface area contributed by atoms with Gasteiger partial charge in [-0.25, -0.2) is 0 Å². The van der Waals surface area contributed by atoms with Crippen LogP contribution >= 0.6 is 0 Å². The lowest BCUT2D eigenvalue weighted by Gasteiger charge is -2.20. The summed E-state index contributed by atoms with van der Waals surface area (Å²) in [5.74, 6) is 0. The molecule has 0 unspecified atom stereocenters. The molecule has 9 rings (SSSR count). The van der Waals surface area contributed by atoms with Gasteiger partial charge in [-0.1, -0.05) is 48.5 Å². The Balaban J connectivity index is 2.18. The van der Waals surface area contributed by atoms with E-state index in [2.05, 4.69) is 60.7 Å². The van der Waals surface area contributed by atoms with Gasteiger partial charge >= 0.3 is 0 Å². The van der Waals surface area contributed by atoms with Gasteiger partial charge in [-0.3, -0.25) is 4.79 Å². The Morgan fingerprint density at radius 3 is 1.71 bits per heavy atom. The van der Waals surface area contributed by atoms with Crippen LogP contribution in [0.1, 0.15) is 0 Å². The van der Waals surface area contributed by atoms with Crippen LogP contribution in [0.3, 0.4) is 0 Å². The number of fused-ring (bicyclic) bond motifs is 3. The van der Waals surface area contributed by atoms with Gasteiger partial charge in [0.25, 0.3) is 0 Å². The van der Waals surface area contributed by atoms with Crippen molar-refractivity contribution in [3.8, 4) is 0 Å². The Morgan fingerprint density at radius 1 is 0.458 bits per heavy atom. The highest BCUT2D eigenvalue weighted by Crippen LogP contribution is 2.47. The summed E-state index contributed by atoms with van der Waals surface area (Å²) < 4.78 is 0. The zero-order chi connectivity index (χ0) is 15.6. The van der Waals surface area contributed by atoms with E-state index in [-0.39, 0.29) is 5.43 Å². The van der Waals surface area contributed by atoms with Gasteiger partial charge in [0.05, 0.1) is 0 Å². The SMILES string of the molecule is O=c1c2cc3ccc2c2c4ccccc4c4c5ccc(c1c5)c4c32. The van der Waals surface area contributed by atoms with Crippen LogP contribution in [0.4, 0.5) is 0 Å². The molecule has 108 valence electrons. The van der Waals surface area contributed by atoms with E-state index in [4.69, 9.17) is 0 Å². The Kier molecular flexibility index (Phi) is 1.58. The molecule has 0 heterocycles. The van der Waals surface area contributed by atoms with Crippen molar-refractivity contribution >= 4 is 64.6 Å². The fourth-order valence-corrected chi connectivity index (χ4v) is 4.93. The molecule has 0 N–H and O–H groups in total. The summed E-state index contributed by atoms with van der Waals surface area (Å²) in [6, 6.07) is 21.4. The first kappa shape index (κ1) is 11.4. The second-order valence-corrected chi connectivity index (χ2v) is 6.90. The third kappa shape index (κ3) is 0.985. The van der Waals surface area contributed by atoms with Crippen molar-refractivity contribution in [3.63, 3.8) is 0 Å². The maximum atomic E-state index is 13.2. The molecule has 8 bridgehead atoms. The number of hydrogen-bond donors (Lipinski definition) is 0. The van der Waals surface area contributed by atoms with Crippen molar-refractivity contribution in [2.75, 3.05) is 0 Å². The van der Waals surface area contributed by atoms with E-state index in [9.17, 15) is 4.79 Å². The zero-order valence-electron chi connectivity index (χ0n) is 12.7. The molecule has 24 heavy (non-hydrogen) atoms. The summed E-state index contributed by atoms with van der Waals surface area (Å²) in [5.41, 5.74) is 0.163. The third-order valence-corrected chi connectivity index (χ3v) is 5.86. The van der Waals surface area contributed by atoms with Crippen molar-refractivity contribution in [2.45, 2.75) is 0 Å². The van der Waals surface area contributed by atoms with Gasteiger partial charge < -0.3 is 0 Å². The Labute approximate surface area is 136 Å². The monoisotopic (exact) mass is 302 g/mol. The zero-order valence-corrected chi connectivity index (χ0v) is 12.7. The summed E-state index contributed by atoms with van der Waals surface area (Å²) >= 11 is 0. The van der Waals surface area contributed by atoms with E-state index in [0.29, 0.717) is 0 Å². The second kappa shape index (κ2) is 3.34. The smallest absolute Gasteiger partial charge is 0.194 e. The van der Waals surface area contributed by atoms with Crippen LogP contribution < -0.4 is 5.43 Å². The fourth-order valence-electron chi connectivity index (χ4n) is 4.93.